The van der Waals surface area contributed by atoms with Gasteiger partial charge in [0.2, 0.25) is 10.0 Å². The number of aliphatic hydroxyl groups excluding tert-OH is 1. The van der Waals surface area contributed by atoms with Crippen LogP contribution in [0, 0.1) is 26.6 Å². The van der Waals surface area contributed by atoms with E-state index >= 15 is 0 Å². The van der Waals surface area contributed by atoms with Gasteiger partial charge < -0.3 is 5.11 Å². The van der Waals surface area contributed by atoms with E-state index in [1.54, 1.807) is 13.8 Å². The van der Waals surface area contributed by atoms with Crippen molar-refractivity contribution < 1.29 is 27.5 Å². The van der Waals surface area contributed by atoms with E-state index in [-0.39, 0.29) is 21.9 Å². The molecule has 1 heterocycles. The fourth-order valence-electron chi connectivity index (χ4n) is 4.54. The number of aryl methyl sites for hydroxylation is 3. The SMILES string of the molecule is Cc1cc(C)c(/C(O)=C2\C(=O)C(=O)N(c3ccc(S(N)(=O)=O)cc3)C2c2ccc(F)cc2)c(C)c1. The van der Waals surface area contributed by atoms with Crippen LogP contribution in [0.25, 0.3) is 5.76 Å². The molecule has 3 N–H and O–H groups in total. The number of carbonyl (C=O) groups is 2. The summed E-state index contributed by atoms with van der Waals surface area (Å²) in [7, 11) is -3.97. The number of benzene rings is 3. The zero-order chi connectivity index (χ0) is 25.7. The number of rotatable bonds is 4. The Morgan fingerprint density at radius 2 is 1.49 bits per heavy atom. The number of halogens is 1. The molecular formula is C26H23FN2O5S. The first-order valence-electron chi connectivity index (χ1n) is 10.7. The summed E-state index contributed by atoms with van der Waals surface area (Å²) in [5.41, 5.74) is 3.32. The highest BCUT2D eigenvalue weighted by atomic mass is 32.2. The number of aliphatic hydroxyl groups is 1. The summed E-state index contributed by atoms with van der Waals surface area (Å²) in [5, 5.41) is 16.5. The predicted molar refractivity (Wildman–Crippen MR) is 130 cm³/mol. The molecule has 9 heteroatoms. The molecule has 1 atom stereocenters. The maximum absolute atomic E-state index is 13.7. The van der Waals surface area contributed by atoms with Crippen molar-refractivity contribution in [2.24, 2.45) is 5.14 Å². The summed E-state index contributed by atoms with van der Waals surface area (Å²) in [4.78, 5) is 27.5. The number of amides is 1. The molecule has 0 aromatic heterocycles. The minimum Gasteiger partial charge on any atom is -0.507 e. The highest BCUT2D eigenvalue weighted by Gasteiger charge is 2.47. The Kier molecular flexibility index (Phi) is 6.08. The first-order valence-corrected chi connectivity index (χ1v) is 12.2. The molecule has 0 aliphatic carbocycles. The predicted octanol–water partition coefficient (Wildman–Crippen LogP) is 4.02. The maximum atomic E-state index is 13.7. The summed E-state index contributed by atoms with van der Waals surface area (Å²) >= 11 is 0. The molecule has 0 spiro atoms. The van der Waals surface area contributed by atoms with Gasteiger partial charge in [0.15, 0.2) is 0 Å². The van der Waals surface area contributed by atoms with Gasteiger partial charge in [-0.05, 0) is 73.9 Å². The van der Waals surface area contributed by atoms with E-state index in [2.05, 4.69) is 0 Å². The number of primary sulfonamides is 1. The van der Waals surface area contributed by atoms with Crippen molar-refractivity contribution in [3.8, 4) is 0 Å². The normalized spacial score (nSPS) is 17.7. The number of sulfonamides is 1. The van der Waals surface area contributed by atoms with Crippen LogP contribution in [-0.2, 0) is 19.6 Å². The van der Waals surface area contributed by atoms with Gasteiger partial charge in [-0.1, -0.05) is 29.8 Å². The van der Waals surface area contributed by atoms with Crippen molar-refractivity contribution in [1.29, 1.82) is 0 Å². The van der Waals surface area contributed by atoms with Crippen LogP contribution in [0.3, 0.4) is 0 Å². The third-order valence-corrected chi connectivity index (χ3v) is 6.92. The smallest absolute Gasteiger partial charge is 0.300 e. The van der Waals surface area contributed by atoms with Crippen molar-refractivity contribution in [3.63, 3.8) is 0 Å². The van der Waals surface area contributed by atoms with Crippen molar-refractivity contribution in [2.75, 3.05) is 4.90 Å². The molecule has 0 radical (unpaired) electrons. The highest BCUT2D eigenvalue weighted by Crippen LogP contribution is 2.43. The molecule has 35 heavy (non-hydrogen) atoms. The Bertz CT molecular complexity index is 1470. The zero-order valence-electron chi connectivity index (χ0n) is 19.2. The van der Waals surface area contributed by atoms with Gasteiger partial charge in [-0.3, -0.25) is 14.5 Å². The Morgan fingerprint density at radius 3 is 2.00 bits per heavy atom. The monoisotopic (exact) mass is 494 g/mol. The van der Waals surface area contributed by atoms with E-state index in [0.29, 0.717) is 11.1 Å². The minimum absolute atomic E-state index is 0.146. The van der Waals surface area contributed by atoms with Gasteiger partial charge in [0.05, 0.1) is 16.5 Å². The van der Waals surface area contributed by atoms with Crippen molar-refractivity contribution >= 4 is 33.2 Å². The van der Waals surface area contributed by atoms with Crippen LogP contribution in [0.2, 0.25) is 0 Å². The third kappa shape index (κ3) is 4.36. The molecule has 4 rings (SSSR count). The number of carbonyl (C=O) groups excluding carboxylic acids is 2. The number of hydrogen-bond acceptors (Lipinski definition) is 5. The zero-order valence-corrected chi connectivity index (χ0v) is 20.1. The molecule has 180 valence electrons. The molecule has 1 aliphatic heterocycles. The van der Waals surface area contributed by atoms with Gasteiger partial charge in [-0.15, -0.1) is 0 Å². The summed E-state index contributed by atoms with van der Waals surface area (Å²) in [6.45, 7) is 5.50. The fourth-order valence-corrected chi connectivity index (χ4v) is 5.06. The van der Waals surface area contributed by atoms with Crippen LogP contribution in [-0.4, -0.2) is 25.2 Å². The summed E-state index contributed by atoms with van der Waals surface area (Å²) in [6, 6.07) is 13.0. The fraction of sp³-hybridized carbons (Fsp3) is 0.154. The summed E-state index contributed by atoms with van der Waals surface area (Å²) < 4.78 is 37.0. The van der Waals surface area contributed by atoms with E-state index in [1.165, 1.54) is 48.5 Å². The van der Waals surface area contributed by atoms with Gasteiger partial charge >= 0.3 is 0 Å². The highest BCUT2D eigenvalue weighted by molar-refractivity contribution is 7.89. The van der Waals surface area contributed by atoms with Crippen LogP contribution < -0.4 is 10.0 Å². The van der Waals surface area contributed by atoms with Gasteiger partial charge in [0, 0.05) is 11.3 Å². The summed E-state index contributed by atoms with van der Waals surface area (Å²) in [5.74, 6) is -2.66. The number of nitrogens with two attached hydrogens (primary N) is 1. The van der Waals surface area contributed by atoms with E-state index < -0.39 is 33.6 Å². The second kappa shape index (κ2) is 8.75. The molecule has 3 aromatic rings. The standard InChI is InChI=1S/C26H23FN2O5S/c1-14-12-15(2)21(16(3)13-14)24(30)22-23(17-4-6-18(27)7-5-17)29(26(32)25(22)31)19-8-10-20(11-9-19)35(28,33)34/h4-13,23,30H,1-3H3,(H2,28,33,34)/b24-22+. The third-order valence-electron chi connectivity index (χ3n) is 5.99. The lowest BCUT2D eigenvalue weighted by Gasteiger charge is -2.26. The average molecular weight is 495 g/mol. The topological polar surface area (TPSA) is 118 Å². The van der Waals surface area contributed by atoms with Crippen LogP contribution in [0.15, 0.2) is 71.1 Å². The van der Waals surface area contributed by atoms with Gasteiger partial charge in [-0.25, -0.2) is 17.9 Å². The molecule has 1 amide bonds. The van der Waals surface area contributed by atoms with Crippen LogP contribution in [0.5, 0.6) is 0 Å². The van der Waals surface area contributed by atoms with Crippen LogP contribution in [0.4, 0.5) is 10.1 Å². The second-order valence-corrected chi connectivity index (χ2v) is 10.1. The first-order chi connectivity index (χ1) is 16.4. The average Bonchev–Trinajstić information content (AvgIpc) is 3.03. The van der Waals surface area contributed by atoms with Crippen LogP contribution in [0.1, 0.15) is 33.9 Å². The number of hydrogen-bond donors (Lipinski definition) is 2. The minimum atomic E-state index is -3.97. The second-order valence-electron chi connectivity index (χ2n) is 8.53. The van der Waals surface area contributed by atoms with Crippen molar-refractivity contribution in [3.05, 3.63) is 99.9 Å². The Hall–Kier alpha value is -3.82. The molecule has 7 nitrogen and oxygen atoms in total. The Balaban J connectivity index is 1.97. The molecule has 0 saturated carbocycles. The molecule has 1 aliphatic rings. The maximum Gasteiger partial charge on any atom is 0.300 e. The molecule has 1 saturated heterocycles. The van der Waals surface area contributed by atoms with E-state index in [4.69, 9.17) is 5.14 Å². The Labute approximate surface area is 202 Å². The Morgan fingerprint density at radius 1 is 0.943 bits per heavy atom. The lowest BCUT2D eigenvalue weighted by atomic mass is 9.91. The van der Waals surface area contributed by atoms with E-state index in [1.807, 2.05) is 19.1 Å². The molecule has 0 bridgehead atoms. The molecule has 1 fully saturated rings. The first kappa shape index (κ1) is 24.3. The van der Waals surface area contributed by atoms with Crippen molar-refractivity contribution in [1.82, 2.24) is 0 Å². The quantitative estimate of drug-likeness (QED) is 0.323. The number of anilines is 1. The largest absolute Gasteiger partial charge is 0.507 e. The van der Waals surface area contributed by atoms with Gasteiger partial charge in [0.1, 0.15) is 11.6 Å². The summed E-state index contributed by atoms with van der Waals surface area (Å²) in [6.07, 6.45) is 0. The lowest BCUT2D eigenvalue weighted by Crippen LogP contribution is -2.29. The number of ketones is 1. The molecular weight excluding hydrogens is 471 g/mol. The van der Waals surface area contributed by atoms with Crippen LogP contribution >= 0.6 is 0 Å². The molecule has 3 aromatic carbocycles. The van der Waals surface area contributed by atoms with E-state index in [0.717, 1.165) is 21.6 Å². The lowest BCUT2D eigenvalue weighted by molar-refractivity contribution is -0.132. The van der Waals surface area contributed by atoms with E-state index in [9.17, 15) is 27.5 Å². The number of Topliss-reactive ketones (excluding diaryl/α,β-unsaturated/α-hetero) is 1. The molecule has 1 unspecified atom stereocenters. The number of nitrogens with zero attached hydrogens (tertiary/aromatic N) is 1. The van der Waals surface area contributed by atoms with Crippen molar-refractivity contribution in [2.45, 2.75) is 31.7 Å². The van der Waals surface area contributed by atoms with Gasteiger partial charge in [0.25, 0.3) is 11.7 Å². The van der Waals surface area contributed by atoms with Gasteiger partial charge in [-0.2, -0.15) is 0 Å².